The van der Waals surface area contributed by atoms with Crippen LogP contribution >= 0.6 is 12.2 Å². The van der Waals surface area contributed by atoms with Gasteiger partial charge in [0.1, 0.15) is 0 Å². The number of carbonyl (C=O) groups excluding carboxylic acids is 1. The zero-order chi connectivity index (χ0) is 16.2. The van der Waals surface area contributed by atoms with E-state index in [1.807, 2.05) is 25.2 Å². The Morgan fingerprint density at radius 3 is 2.91 bits per heavy atom. The third-order valence-electron chi connectivity index (χ3n) is 4.44. The fourth-order valence-corrected chi connectivity index (χ4v) is 3.56. The van der Waals surface area contributed by atoms with Gasteiger partial charge in [-0.15, -0.1) is 0 Å². The van der Waals surface area contributed by atoms with E-state index in [4.69, 9.17) is 12.2 Å². The normalized spacial score (nSPS) is 13.8. The SMILES string of the molecule is CNCCCNC(=O)c1ccc2[nH]c3c(c(=S)c2c1)CCCC3. The Balaban J connectivity index is 1.88. The quantitative estimate of drug-likeness (QED) is 0.583. The van der Waals surface area contributed by atoms with Crippen LogP contribution in [-0.2, 0) is 12.8 Å². The number of aromatic amines is 1. The molecule has 3 N–H and O–H groups in total. The molecule has 0 radical (unpaired) electrons. The maximum Gasteiger partial charge on any atom is 0.251 e. The maximum absolute atomic E-state index is 12.3. The molecule has 0 fully saturated rings. The summed E-state index contributed by atoms with van der Waals surface area (Å²) in [6.45, 7) is 1.57. The monoisotopic (exact) mass is 329 g/mol. The fourth-order valence-electron chi connectivity index (χ4n) is 3.17. The third-order valence-corrected chi connectivity index (χ3v) is 4.91. The summed E-state index contributed by atoms with van der Waals surface area (Å²) in [6.07, 6.45) is 5.45. The lowest BCUT2D eigenvalue weighted by atomic mass is 9.94. The van der Waals surface area contributed by atoms with Gasteiger partial charge in [-0.25, -0.2) is 0 Å². The van der Waals surface area contributed by atoms with Crippen molar-refractivity contribution in [1.82, 2.24) is 15.6 Å². The van der Waals surface area contributed by atoms with Crippen molar-refractivity contribution in [1.29, 1.82) is 0 Å². The minimum atomic E-state index is -0.0323. The number of aromatic nitrogens is 1. The summed E-state index contributed by atoms with van der Waals surface area (Å²) >= 11 is 5.69. The molecular formula is C18H23N3OS. The number of pyridine rings is 1. The summed E-state index contributed by atoms with van der Waals surface area (Å²) in [5.74, 6) is -0.0323. The van der Waals surface area contributed by atoms with Crippen LogP contribution in [0.15, 0.2) is 18.2 Å². The Hall–Kier alpha value is -1.72. The summed E-state index contributed by atoms with van der Waals surface area (Å²) in [5, 5.41) is 7.02. The molecule has 1 aromatic carbocycles. The minimum Gasteiger partial charge on any atom is -0.358 e. The van der Waals surface area contributed by atoms with Crippen LogP contribution in [-0.4, -0.2) is 31.0 Å². The molecule has 1 heterocycles. The molecule has 1 aromatic heterocycles. The molecule has 5 heteroatoms. The van der Waals surface area contributed by atoms with Gasteiger partial charge >= 0.3 is 0 Å². The number of nitrogens with one attached hydrogen (secondary N) is 3. The standard InChI is InChI=1S/C18H23N3OS/c1-19-9-4-10-20-18(22)12-7-8-16-14(11-12)17(23)13-5-2-3-6-15(13)21-16/h7-8,11,19H,2-6,9-10H2,1H3,(H,20,22)(H,21,23). The van der Waals surface area contributed by atoms with Crippen molar-refractivity contribution in [3.05, 3.63) is 39.5 Å². The number of hydrogen-bond donors (Lipinski definition) is 3. The molecule has 3 rings (SSSR count). The maximum atomic E-state index is 12.3. The van der Waals surface area contributed by atoms with Crippen LogP contribution < -0.4 is 10.6 Å². The van der Waals surface area contributed by atoms with Crippen molar-refractivity contribution in [3.8, 4) is 0 Å². The number of hydrogen-bond acceptors (Lipinski definition) is 3. The third kappa shape index (κ3) is 3.46. The Labute approximate surface area is 141 Å². The van der Waals surface area contributed by atoms with E-state index in [1.54, 1.807) is 0 Å². The lowest BCUT2D eigenvalue weighted by Crippen LogP contribution is -2.26. The number of fused-ring (bicyclic) bond motifs is 2. The lowest BCUT2D eigenvalue weighted by molar-refractivity contribution is 0.0953. The Morgan fingerprint density at radius 2 is 2.09 bits per heavy atom. The molecule has 0 saturated heterocycles. The highest BCUT2D eigenvalue weighted by Gasteiger charge is 2.14. The molecule has 1 aliphatic rings. The Kier molecular flexibility index (Phi) is 5.08. The van der Waals surface area contributed by atoms with Crippen molar-refractivity contribution < 1.29 is 4.79 Å². The van der Waals surface area contributed by atoms with Crippen molar-refractivity contribution in [2.24, 2.45) is 0 Å². The van der Waals surface area contributed by atoms with Gasteiger partial charge < -0.3 is 15.6 Å². The second kappa shape index (κ2) is 7.23. The van der Waals surface area contributed by atoms with E-state index in [9.17, 15) is 4.79 Å². The lowest BCUT2D eigenvalue weighted by Gasteiger charge is -2.17. The van der Waals surface area contributed by atoms with Gasteiger partial charge in [0, 0.05) is 28.7 Å². The van der Waals surface area contributed by atoms with E-state index in [0.717, 1.165) is 41.2 Å². The van der Waals surface area contributed by atoms with E-state index in [-0.39, 0.29) is 5.91 Å². The van der Waals surface area contributed by atoms with Gasteiger partial charge in [-0.05, 0) is 69.5 Å². The van der Waals surface area contributed by atoms with Crippen LogP contribution in [0.4, 0.5) is 0 Å². The van der Waals surface area contributed by atoms with Crippen LogP contribution in [0.2, 0.25) is 0 Å². The number of rotatable bonds is 5. The molecule has 23 heavy (non-hydrogen) atoms. The molecule has 0 unspecified atom stereocenters. The predicted octanol–water partition coefficient (Wildman–Crippen LogP) is 3.12. The second-order valence-electron chi connectivity index (χ2n) is 6.09. The highest BCUT2D eigenvalue weighted by molar-refractivity contribution is 7.71. The molecule has 122 valence electrons. The molecule has 0 atom stereocenters. The average molecular weight is 329 g/mol. The van der Waals surface area contributed by atoms with Crippen molar-refractivity contribution >= 4 is 29.0 Å². The molecule has 4 nitrogen and oxygen atoms in total. The van der Waals surface area contributed by atoms with Gasteiger partial charge in [-0.2, -0.15) is 0 Å². The number of H-pyrrole nitrogens is 1. The van der Waals surface area contributed by atoms with Crippen LogP contribution in [0.1, 0.15) is 40.9 Å². The number of carbonyl (C=O) groups is 1. The predicted molar refractivity (Wildman–Crippen MR) is 96.7 cm³/mol. The fraction of sp³-hybridized carbons (Fsp3) is 0.444. The first-order valence-corrected chi connectivity index (χ1v) is 8.72. The first-order valence-electron chi connectivity index (χ1n) is 8.31. The summed E-state index contributed by atoms with van der Waals surface area (Å²) in [4.78, 5) is 15.8. The molecule has 2 aromatic rings. The molecular weight excluding hydrogens is 306 g/mol. The number of benzene rings is 1. The van der Waals surface area contributed by atoms with Gasteiger partial charge in [0.2, 0.25) is 0 Å². The Morgan fingerprint density at radius 1 is 1.26 bits per heavy atom. The van der Waals surface area contributed by atoms with E-state index in [1.165, 1.54) is 24.1 Å². The van der Waals surface area contributed by atoms with Crippen LogP contribution in [0.5, 0.6) is 0 Å². The smallest absolute Gasteiger partial charge is 0.251 e. The molecule has 0 spiro atoms. The highest BCUT2D eigenvalue weighted by atomic mass is 32.1. The molecule has 0 saturated carbocycles. The summed E-state index contributed by atoms with van der Waals surface area (Å²) in [7, 11) is 1.91. The van der Waals surface area contributed by atoms with E-state index < -0.39 is 0 Å². The molecule has 1 amide bonds. The number of amides is 1. The van der Waals surface area contributed by atoms with Gasteiger partial charge in [0.25, 0.3) is 5.91 Å². The van der Waals surface area contributed by atoms with Gasteiger partial charge in [-0.1, -0.05) is 12.2 Å². The van der Waals surface area contributed by atoms with Crippen LogP contribution in [0, 0.1) is 4.51 Å². The first-order chi connectivity index (χ1) is 11.2. The molecule has 0 bridgehead atoms. The van der Waals surface area contributed by atoms with Crippen molar-refractivity contribution in [2.75, 3.05) is 20.1 Å². The van der Waals surface area contributed by atoms with Crippen LogP contribution in [0.25, 0.3) is 10.9 Å². The van der Waals surface area contributed by atoms with E-state index in [0.29, 0.717) is 12.1 Å². The van der Waals surface area contributed by atoms with E-state index in [2.05, 4.69) is 15.6 Å². The summed E-state index contributed by atoms with van der Waals surface area (Å²) < 4.78 is 0.915. The molecule has 1 aliphatic carbocycles. The zero-order valence-electron chi connectivity index (χ0n) is 13.5. The Bertz CT molecular complexity index is 782. The highest BCUT2D eigenvalue weighted by Crippen LogP contribution is 2.26. The van der Waals surface area contributed by atoms with Gasteiger partial charge in [-0.3, -0.25) is 4.79 Å². The van der Waals surface area contributed by atoms with Crippen molar-refractivity contribution in [2.45, 2.75) is 32.1 Å². The van der Waals surface area contributed by atoms with Crippen molar-refractivity contribution in [3.63, 3.8) is 0 Å². The largest absolute Gasteiger partial charge is 0.358 e. The summed E-state index contributed by atoms with van der Waals surface area (Å²) in [5.41, 5.74) is 4.25. The van der Waals surface area contributed by atoms with Gasteiger partial charge in [0.05, 0.1) is 4.51 Å². The first kappa shape index (κ1) is 16.1. The topological polar surface area (TPSA) is 56.9 Å². The second-order valence-corrected chi connectivity index (χ2v) is 6.50. The van der Waals surface area contributed by atoms with Gasteiger partial charge in [0.15, 0.2) is 0 Å². The average Bonchev–Trinajstić information content (AvgIpc) is 2.58. The minimum absolute atomic E-state index is 0.0323. The zero-order valence-corrected chi connectivity index (χ0v) is 14.3. The number of aryl methyl sites for hydroxylation is 1. The summed E-state index contributed by atoms with van der Waals surface area (Å²) in [6, 6.07) is 5.77. The van der Waals surface area contributed by atoms with Crippen LogP contribution in [0.3, 0.4) is 0 Å². The van der Waals surface area contributed by atoms with E-state index >= 15 is 0 Å². The molecule has 0 aliphatic heterocycles.